The molecule has 0 fully saturated rings. The van der Waals surface area contributed by atoms with E-state index in [1.165, 1.54) is 20.2 Å². The highest BCUT2D eigenvalue weighted by atomic mass is 35.5. The maximum Gasteiger partial charge on any atom is 0.245 e. The number of sulfonamides is 1. The molecule has 2 N–H and O–H groups in total. The largest absolute Gasteiger partial charge is 0.385 e. The van der Waals surface area contributed by atoms with E-state index in [-0.39, 0.29) is 23.7 Å². The van der Waals surface area contributed by atoms with E-state index in [2.05, 4.69) is 0 Å². The van der Waals surface area contributed by atoms with Gasteiger partial charge in [0.25, 0.3) is 0 Å². The van der Waals surface area contributed by atoms with Crippen LogP contribution in [0.25, 0.3) is 0 Å². The minimum absolute atomic E-state index is 0.0707. The van der Waals surface area contributed by atoms with Gasteiger partial charge in [0.15, 0.2) is 0 Å². The van der Waals surface area contributed by atoms with Crippen LogP contribution in [-0.2, 0) is 21.3 Å². The Balaban J connectivity index is 3.12. The minimum Gasteiger partial charge on any atom is -0.385 e. The van der Waals surface area contributed by atoms with E-state index < -0.39 is 20.7 Å². The molecule has 0 unspecified atom stereocenters. The molecule has 5 nitrogen and oxygen atoms in total. The zero-order valence-corrected chi connectivity index (χ0v) is 13.0. The SMILES string of the molecule is COCCCN(C)S(=O)(=O)c1cc(Cl)cc(CN)c1F. The first kappa shape index (κ1) is 17.3. The van der Waals surface area contributed by atoms with Crippen molar-refractivity contribution in [3.05, 3.63) is 28.5 Å². The Kier molecular flexibility index (Phi) is 6.35. The van der Waals surface area contributed by atoms with Crippen LogP contribution in [-0.4, -0.2) is 40.0 Å². The molecule has 1 aromatic carbocycles. The van der Waals surface area contributed by atoms with Crippen LogP contribution in [0.3, 0.4) is 0 Å². The van der Waals surface area contributed by atoms with Crippen LogP contribution in [0.5, 0.6) is 0 Å². The number of rotatable bonds is 7. The van der Waals surface area contributed by atoms with Crippen LogP contribution in [0.15, 0.2) is 17.0 Å². The molecule has 0 aromatic heterocycles. The fourth-order valence-corrected chi connectivity index (χ4v) is 3.32. The van der Waals surface area contributed by atoms with Crippen molar-refractivity contribution < 1.29 is 17.5 Å². The van der Waals surface area contributed by atoms with E-state index in [1.807, 2.05) is 0 Å². The molecule has 0 aliphatic rings. The molecule has 0 saturated carbocycles. The molecule has 0 aliphatic heterocycles. The number of ether oxygens (including phenoxy) is 1. The summed E-state index contributed by atoms with van der Waals surface area (Å²) >= 11 is 5.81. The van der Waals surface area contributed by atoms with Gasteiger partial charge in [-0.3, -0.25) is 0 Å². The van der Waals surface area contributed by atoms with E-state index in [0.717, 1.165) is 10.4 Å². The summed E-state index contributed by atoms with van der Waals surface area (Å²) in [6, 6.07) is 2.42. The average Bonchev–Trinajstić information content (AvgIpc) is 2.40. The first-order valence-electron chi connectivity index (χ1n) is 5.97. The molecule has 0 saturated heterocycles. The fraction of sp³-hybridized carbons (Fsp3) is 0.500. The van der Waals surface area contributed by atoms with E-state index in [9.17, 15) is 12.8 Å². The van der Waals surface area contributed by atoms with Crippen molar-refractivity contribution in [2.45, 2.75) is 17.9 Å². The lowest BCUT2D eigenvalue weighted by molar-refractivity contribution is 0.189. The third-order valence-corrected chi connectivity index (χ3v) is 4.88. The molecular weight excluding hydrogens is 307 g/mol. The van der Waals surface area contributed by atoms with Gasteiger partial charge in [0.2, 0.25) is 10.0 Å². The Morgan fingerprint density at radius 2 is 2.10 bits per heavy atom. The normalized spacial score (nSPS) is 12.1. The number of hydrogen-bond acceptors (Lipinski definition) is 4. The summed E-state index contributed by atoms with van der Waals surface area (Å²) in [5.41, 5.74) is 5.45. The number of halogens is 2. The highest BCUT2D eigenvalue weighted by Crippen LogP contribution is 2.25. The van der Waals surface area contributed by atoms with Gasteiger partial charge in [0, 0.05) is 44.4 Å². The lowest BCUT2D eigenvalue weighted by Gasteiger charge is -2.18. The second-order valence-electron chi connectivity index (χ2n) is 4.25. The highest BCUT2D eigenvalue weighted by molar-refractivity contribution is 7.89. The van der Waals surface area contributed by atoms with Crippen molar-refractivity contribution in [2.24, 2.45) is 5.73 Å². The van der Waals surface area contributed by atoms with Gasteiger partial charge in [-0.15, -0.1) is 0 Å². The predicted octanol–water partition coefficient (Wildman–Crippen LogP) is 1.59. The van der Waals surface area contributed by atoms with E-state index in [1.54, 1.807) is 0 Å². The van der Waals surface area contributed by atoms with Crippen LogP contribution >= 0.6 is 11.6 Å². The van der Waals surface area contributed by atoms with Crippen LogP contribution in [0.4, 0.5) is 4.39 Å². The molecule has 1 aromatic rings. The lowest BCUT2D eigenvalue weighted by atomic mass is 10.2. The van der Waals surface area contributed by atoms with Gasteiger partial charge in [0.05, 0.1) is 0 Å². The van der Waals surface area contributed by atoms with Gasteiger partial charge in [-0.25, -0.2) is 17.1 Å². The van der Waals surface area contributed by atoms with Gasteiger partial charge >= 0.3 is 0 Å². The molecule has 0 bridgehead atoms. The van der Waals surface area contributed by atoms with Crippen molar-refractivity contribution in [1.29, 1.82) is 0 Å². The van der Waals surface area contributed by atoms with Gasteiger partial charge in [0.1, 0.15) is 10.7 Å². The smallest absolute Gasteiger partial charge is 0.245 e. The summed E-state index contributed by atoms with van der Waals surface area (Å²) in [5.74, 6) is -0.851. The molecule has 0 radical (unpaired) electrons. The first-order valence-corrected chi connectivity index (χ1v) is 7.79. The highest BCUT2D eigenvalue weighted by Gasteiger charge is 2.26. The molecule has 0 amide bonds. The number of nitrogens with two attached hydrogens (primary N) is 1. The minimum atomic E-state index is -3.94. The molecule has 114 valence electrons. The molecule has 8 heteroatoms. The van der Waals surface area contributed by atoms with Crippen molar-refractivity contribution in [2.75, 3.05) is 27.3 Å². The monoisotopic (exact) mass is 324 g/mol. The summed E-state index contributed by atoms with van der Waals surface area (Å²) in [7, 11) is -1.03. The Bertz CT molecular complexity index is 566. The summed E-state index contributed by atoms with van der Waals surface area (Å²) in [5, 5.41) is 0.135. The molecule has 1 rings (SSSR count). The topological polar surface area (TPSA) is 72.6 Å². The van der Waals surface area contributed by atoms with Gasteiger partial charge < -0.3 is 10.5 Å². The second-order valence-corrected chi connectivity index (χ2v) is 6.70. The molecule has 0 atom stereocenters. The van der Waals surface area contributed by atoms with Crippen molar-refractivity contribution in [3.8, 4) is 0 Å². The van der Waals surface area contributed by atoms with Crippen molar-refractivity contribution >= 4 is 21.6 Å². The summed E-state index contributed by atoms with van der Waals surface area (Å²) < 4.78 is 44.7. The fourth-order valence-electron chi connectivity index (χ4n) is 1.67. The zero-order chi connectivity index (χ0) is 15.3. The van der Waals surface area contributed by atoms with E-state index in [0.29, 0.717) is 13.0 Å². The molecule has 0 heterocycles. The maximum absolute atomic E-state index is 14.1. The van der Waals surface area contributed by atoms with Crippen molar-refractivity contribution in [3.63, 3.8) is 0 Å². The van der Waals surface area contributed by atoms with Crippen molar-refractivity contribution in [1.82, 2.24) is 4.31 Å². The summed E-state index contributed by atoms with van der Waals surface area (Å²) in [6.07, 6.45) is 0.512. The number of hydrogen-bond donors (Lipinski definition) is 1. The zero-order valence-electron chi connectivity index (χ0n) is 11.4. The number of methoxy groups -OCH3 is 1. The van der Waals surface area contributed by atoms with Gasteiger partial charge in [-0.05, 0) is 18.6 Å². The molecular formula is C12H18ClFN2O3S. The van der Waals surface area contributed by atoms with Crippen LogP contribution in [0.1, 0.15) is 12.0 Å². The molecule has 0 spiro atoms. The van der Waals surface area contributed by atoms with E-state index in [4.69, 9.17) is 22.1 Å². The Hall–Kier alpha value is -0.730. The Morgan fingerprint density at radius 3 is 2.65 bits per heavy atom. The van der Waals surface area contributed by atoms with Crippen LogP contribution < -0.4 is 5.73 Å². The molecule has 0 aliphatic carbocycles. The number of benzene rings is 1. The number of nitrogens with zero attached hydrogens (tertiary/aromatic N) is 1. The first-order chi connectivity index (χ1) is 9.34. The Morgan fingerprint density at radius 1 is 1.45 bits per heavy atom. The summed E-state index contributed by atoms with van der Waals surface area (Å²) in [4.78, 5) is -0.453. The standard InChI is InChI=1S/C12H18ClFN2O3S/c1-16(4-3-5-19-2)20(17,18)11-7-10(13)6-9(8-15)12(11)14/h6-7H,3-5,8,15H2,1-2H3. The van der Waals surface area contributed by atoms with Crippen LogP contribution in [0, 0.1) is 5.82 Å². The molecule has 20 heavy (non-hydrogen) atoms. The predicted molar refractivity (Wildman–Crippen MR) is 75.6 cm³/mol. The second kappa shape index (κ2) is 7.33. The third-order valence-electron chi connectivity index (χ3n) is 2.81. The third kappa shape index (κ3) is 3.89. The quantitative estimate of drug-likeness (QED) is 0.773. The van der Waals surface area contributed by atoms with E-state index >= 15 is 0 Å². The maximum atomic E-state index is 14.1. The Labute approximate surface area is 123 Å². The van der Waals surface area contributed by atoms with Gasteiger partial charge in [-0.1, -0.05) is 11.6 Å². The van der Waals surface area contributed by atoms with Gasteiger partial charge in [-0.2, -0.15) is 0 Å². The summed E-state index contributed by atoms with van der Waals surface area (Å²) in [6.45, 7) is 0.522. The lowest BCUT2D eigenvalue weighted by Crippen LogP contribution is -2.29. The average molecular weight is 325 g/mol. The van der Waals surface area contributed by atoms with Crippen LogP contribution in [0.2, 0.25) is 5.02 Å².